The minimum Gasteiger partial charge on any atom is -0.550 e. The zero-order valence-electron chi connectivity index (χ0n) is 43.9. The Labute approximate surface area is 417 Å². The van der Waals surface area contributed by atoms with E-state index in [1.807, 2.05) is 20.8 Å². The number of carbonyl (C=O) groups excluding carboxylic acids is 3. The fourth-order valence-electron chi connectivity index (χ4n) is 16.8. The van der Waals surface area contributed by atoms with Gasteiger partial charge in [-0.15, -0.1) is 0 Å². The van der Waals surface area contributed by atoms with Crippen LogP contribution in [0, 0.1) is 85.8 Å². The van der Waals surface area contributed by atoms with Crippen molar-refractivity contribution in [3.8, 4) is 0 Å². The predicted octanol–water partition coefficient (Wildman–Crippen LogP) is 11.2. The van der Waals surface area contributed by atoms with Crippen molar-refractivity contribution in [1.29, 1.82) is 0 Å². The van der Waals surface area contributed by atoms with Gasteiger partial charge < -0.3 is 29.7 Å². The fraction of sp³-hybridized carbons (Fsp3) is 0.750. The minimum absolute atomic E-state index is 0. The van der Waals surface area contributed by atoms with E-state index in [-0.39, 0.29) is 51.4 Å². The van der Waals surface area contributed by atoms with Crippen molar-refractivity contribution < 1.29 is 29.7 Å². The van der Waals surface area contributed by atoms with Gasteiger partial charge in [0.25, 0.3) is 0 Å². The molecule has 6 nitrogen and oxygen atoms in total. The van der Waals surface area contributed by atoms with E-state index in [0.717, 1.165) is 77.0 Å². The molecule has 7 heteroatoms. The van der Waals surface area contributed by atoms with Crippen LogP contribution in [0.2, 0.25) is 0 Å². The van der Waals surface area contributed by atoms with Crippen LogP contribution in [0.3, 0.4) is 0 Å². The molecule has 12 unspecified atom stereocenters. The van der Waals surface area contributed by atoms with Crippen LogP contribution < -0.4 is 15.3 Å². The molecular formula is C60H87AlO6. The van der Waals surface area contributed by atoms with Gasteiger partial charge in [0.1, 0.15) is 0 Å². The first-order chi connectivity index (χ1) is 30.9. The van der Waals surface area contributed by atoms with Crippen molar-refractivity contribution in [1.82, 2.24) is 0 Å². The Kier molecular flexibility index (Phi) is 15.9. The molecule has 0 amide bonds. The topological polar surface area (TPSA) is 120 Å². The Morgan fingerprint density at radius 2 is 0.687 bits per heavy atom. The molecule has 0 aromatic heterocycles. The van der Waals surface area contributed by atoms with E-state index >= 15 is 0 Å². The summed E-state index contributed by atoms with van der Waals surface area (Å²) in [5, 5.41) is 35.5. The van der Waals surface area contributed by atoms with E-state index in [2.05, 4.69) is 98.8 Å². The molecule has 12 atom stereocenters. The van der Waals surface area contributed by atoms with Gasteiger partial charge in [0.05, 0.1) is 0 Å². The third-order valence-electron chi connectivity index (χ3n) is 21.1. The Hall–Kier alpha value is -2.62. The van der Waals surface area contributed by atoms with Gasteiger partial charge in [-0.2, -0.15) is 0 Å². The minimum atomic E-state index is -0.838. The summed E-state index contributed by atoms with van der Waals surface area (Å²) in [6.07, 6.45) is 32.9. The number of carboxylic acids is 3. The number of rotatable bonds is 6. The average molecular weight is 931 g/mol. The van der Waals surface area contributed by atoms with Gasteiger partial charge in [-0.3, -0.25) is 0 Å². The van der Waals surface area contributed by atoms with Crippen molar-refractivity contribution in [3.63, 3.8) is 0 Å². The molecule has 0 aromatic rings. The normalized spacial score (nSPS) is 40.7. The van der Waals surface area contributed by atoms with Gasteiger partial charge in [-0.1, -0.05) is 156 Å². The molecule has 9 aliphatic carbocycles. The Bertz CT molecular complexity index is 1870. The standard InChI is InChI=1S/3C20H30O2.Al/c3*1-13(2)14-6-8-16-15(12-14)7-9-17-19(16,3)10-5-11-20(17,4)18(21)22;/h3*7,12-13,16-17H,5-6,8-11H2,1-4H3,(H,21,22);/q;;;+3/p-3. The molecule has 0 aromatic carbocycles. The Balaban J connectivity index is 0.000000165. The first-order valence-electron chi connectivity index (χ1n) is 26.7. The molecule has 0 aliphatic heterocycles. The number of carboxylic acid groups (broad SMARTS) is 3. The molecule has 0 bridgehead atoms. The van der Waals surface area contributed by atoms with Gasteiger partial charge in [-0.25, -0.2) is 0 Å². The first-order valence-corrected chi connectivity index (χ1v) is 26.7. The van der Waals surface area contributed by atoms with Gasteiger partial charge in [0.2, 0.25) is 0 Å². The summed E-state index contributed by atoms with van der Waals surface area (Å²) in [4.78, 5) is 35.5. The van der Waals surface area contributed by atoms with E-state index in [0.29, 0.717) is 35.5 Å². The molecule has 3 fully saturated rings. The summed E-state index contributed by atoms with van der Waals surface area (Å²) >= 11 is 0. The van der Waals surface area contributed by atoms with Gasteiger partial charge in [0.15, 0.2) is 0 Å². The second kappa shape index (κ2) is 19.9. The van der Waals surface area contributed by atoms with Crippen molar-refractivity contribution in [3.05, 3.63) is 69.9 Å². The van der Waals surface area contributed by atoms with E-state index < -0.39 is 34.2 Å². The maximum absolute atomic E-state index is 11.8. The molecule has 0 spiro atoms. The van der Waals surface area contributed by atoms with E-state index in [9.17, 15) is 29.7 Å². The first kappa shape index (κ1) is 53.7. The summed E-state index contributed by atoms with van der Waals surface area (Å²) in [5.74, 6) is 1.61. The van der Waals surface area contributed by atoms with Crippen LogP contribution in [0.1, 0.15) is 199 Å². The number of fused-ring (bicyclic) bond motifs is 9. The van der Waals surface area contributed by atoms with Crippen molar-refractivity contribution in [2.45, 2.75) is 199 Å². The number of hydrogen-bond donors (Lipinski definition) is 0. The monoisotopic (exact) mass is 931 g/mol. The van der Waals surface area contributed by atoms with Crippen LogP contribution in [0.15, 0.2) is 69.9 Å². The number of allylic oxidation sites excluding steroid dienone is 12. The quantitative estimate of drug-likeness (QED) is 0.245. The third kappa shape index (κ3) is 9.40. The number of aliphatic carboxylic acids is 3. The van der Waals surface area contributed by atoms with Crippen LogP contribution in [0.4, 0.5) is 0 Å². The van der Waals surface area contributed by atoms with Crippen LogP contribution in [0.25, 0.3) is 0 Å². The molecule has 0 N–H and O–H groups in total. The molecule has 9 rings (SSSR count). The van der Waals surface area contributed by atoms with Crippen LogP contribution in [-0.2, 0) is 14.4 Å². The zero-order valence-corrected chi connectivity index (χ0v) is 45.1. The molecule has 0 radical (unpaired) electrons. The zero-order chi connectivity index (χ0) is 48.4. The Morgan fingerprint density at radius 1 is 0.448 bits per heavy atom. The summed E-state index contributed by atoms with van der Waals surface area (Å²) in [7, 11) is 0. The van der Waals surface area contributed by atoms with Gasteiger partial charge in [0, 0.05) is 34.2 Å². The average Bonchev–Trinajstić information content (AvgIpc) is 3.26. The summed E-state index contributed by atoms with van der Waals surface area (Å²) < 4.78 is 0. The van der Waals surface area contributed by atoms with E-state index in [1.165, 1.54) is 55.2 Å². The number of carbonyl (C=O) groups is 3. The smallest absolute Gasteiger partial charge is 0.550 e. The third-order valence-corrected chi connectivity index (χ3v) is 21.1. The summed E-state index contributed by atoms with van der Waals surface area (Å²) in [6.45, 7) is 26.5. The SMILES string of the molecule is CC(C)C1=CC2=CCC3C(C)(C(=O)[O-])CCCC3(C)C2CC1.CC(C)C1=CC2=CCC3C(C)(C(=O)[O-])CCCC3(C)C2CC1.CC(C)C1=CC2=CCC3C(C)(C(=O)[O-])CCCC3(C)C2CC1.[Al+3]. The van der Waals surface area contributed by atoms with Crippen LogP contribution >= 0.6 is 0 Å². The molecule has 0 saturated heterocycles. The summed E-state index contributed by atoms with van der Waals surface area (Å²) in [6, 6.07) is 0. The molecule has 67 heavy (non-hydrogen) atoms. The largest absolute Gasteiger partial charge is 3.00 e. The van der Waals surface area contributed by atoms with E-state index in [1.54, 1.807) is 16.7 Å². The molecule has 366 valence electrons. The molecule has 9 aliphatic rings. The Morgan fingerprint density at radius 3 is 0.896 bits per heavy atom. The van der Waals surface area contributed by atoms with Crippen molar-refractivity contribution >= 4 is 35.3 Å². The maximum Gasteiger partial charge on any atom is 3.00 e. The van der Waals surface area contributed by atoms with Crippen molar-refractivity contribution in [2.75, 3.05) is 0 Å². The molecule has 3 saturated carbocycles. The maximum atomic E-state index is 11.8. The van der Waals surface area contributed by atoms with E-state index in [4.69, 9.17) is 0 Å². The molecular weight excluding hydrogens is 844 g/mol. The van der Waals surface area contributed by atoms with Crippen molar-refractivity contribution in [2.24, 2.45) is 85.8 Å². The van der Waals surface area contributed by atoms with Gasteiger partial charge in [-0.05, 0) is 183 Å². The molecule has 0 heterocycles. The summed E-state index contributed by atoms with van der Waals surface area (Å²) in [5.41, 5.74) is 7.52. The second-order valence-corrected chi connectivity index (χ2v) is 25.6. The predicted molar refractivity (Wildman–Crippen MR) is 266 cm³/mol. The second-order valence-electron chi connectivity index (χ2n) is 25.6. The van der Waals surface area contributed by atoms with Crippen LogP contribution in [0.5, 0.6) is 0 Å². The van der Waals surface area contributed by atoms with Gasteiger partial charge >= 0.3 is 17.4 Å². The van der Waals surface area contributed by atoms with Crippen LogP contribution in [-0.4, -0.2) is 35.3 Å². The fourth-order valence-corrected chi connectivity index (χ4v) is 16.8. The number of hydrogen-bond acceptors (Lipinski definition) is 6.